The van der Waals surface area contributed by atoms with Gasteiger partial charge in [0.15, 0.2) is 0 Å². The van der Waals surface area contributed by atoms with Crippen molar-refractivity contribution in [2.45, 2.75) is 38.6 Å². The van der Waals surface area contributed by atoms with Gasteiger partial charge in [0.25, 0.3) is 11.7 Å². The Morgan fingerprint density at radius 3 is 2.32 bits per heavy atom. The van der Waals surface area contributed by atoms with Gasteiger partial charge in [0.1, 0.15) is 11.5 Å². The minimum atomic E-state index is -0.698. The number of rotatable bonds is 6. The van der Waals surface area contributed by atoms with E-state index in [0.29, 0.717) is 24.3 Å². The maximum absolute atomic E-state index is 13.4. The summed E-state index contributed by atoms with van der Waals surface area (Å²) in [5, 5.41) is 12.4. The van der Waals surface area contributed by atoms with Crippen molar-refractivity contribution in [1.29, 1.82) is 0 Å². The van der Waals surface area contributed by atoms with Gasteiger partial charge in [-0.05, 0) is 58.9 Å². The summed E-state index contributed by atoms with van der Waals surface area (Å²) in [4.78, 5) is 31.6. The summed E-state index contributed by atoms with van der Waals surface area (Å²) in [7, 11) is 1.56. The van der Waals surface area contributed by atoms with Gasteiger partial charge in [0.2, 0.25) is 0 Å². The number of para-hydroxylation sites is 1. The molecule has 1 aromatic heterocycles. The molecule has 38 heavy (non-hydrogen) atoms. The molecule has 1 saturated heterocycles. The Hall–Kier alpha value is -4.32. The number of aliphatic hydroxyl groups is 1. The molecule has 4 aromatic rings. The summed E-state index contributed by atoms with van der Waals surface area (Å²) in [6.07, 6.45) is 2.52. The van der Waals surface area contributed by atoms with Crippen molar-refractivity contribution >= 4 is 28.4 Å². The molecule has 3 aromatic carbocycles. The third-order valence-electron chi connectivity index (χ3n) is 7.29. The third-order valence-corrected chi connectivity index (χ3v) is 7.29. The van der Waals surface area contributed by atoms with Crippen LogP contribution in [0.1, 0.15) is 49.1 Å². The fraction of sp³-hybridized carbons (Fsp3) is 0.250. The predicted molar refractivity (Wildman–Crippen MR) is 149 cm³/mol. The lowest BCUT2D eigenvalue weighted by Crippen LogP contribution is -2.31. The van der Waals surface area contributed by atoms with Crippen LogP contribution in [-0.2, 0) is 21.4 Å². The van der Waals surface area contributed by atoms with Crippen LogP contribution in [0.3, 0.4) is 0 Å². The Labute approximate surface area is 222 Å². The van der Waals surface area contributed by atoms with E-state index in [1.807, 2.05) is 54.7 Å². The second-order valence-electron chi connectivity index (χ2n) is 10.7. The van der Waals surface area contributed by atoms with Gasteiger partial charge in [0.05, 0.1) is 18.7 Å². The Kier molecular flexibility index (Phi) is 6.57. The number of Topliss-reactive ketones (excluding diaryl/α,β-unsaturated/α-hetero) is 1. The Balaban J connectivity index is 1.56. The zero-order chi connectivity index (χ0) is 27.0. The molecule has 2 heterocycles. The van der Waals surface area contributed by atoms with Crippen LogP contribution in [0, 0.1) is 0 Å². The first kappa shape index (κ1) is 25.3. The van der Waals surface area contributed by atoms with E-state index < -0.39 is 17.7 Å². The number of methoxy groups -OCH3 is 1. The Morgan fingerprint density at radius 2 is 1.66 bits per heavy atom. The highest BCUT2D eigenvalue weighted by atomic mass is 16.5. The number of aromatic amines is 1. The number of aromatic nitrogens is 1. The van der Waals surface area contributed by atoms with Crippen molar-refractivity contribution in [3.8, 4) is 5.75 Å². The van der Waals surface area contributed by atoms with E-state index in [2.05, 4.69) is 25.8 Å². The quantitative estimate of drug-likeness (QED) is 0.186. The molecule has 6 nitrogen and oxygen atoms in total. The van der Waals surface area contributed by atoms with Crippen LogP contribution >= 0.6 is 0 Å². The number of aliphatic hydroxyl groups excluding tert-OH is 1. The number of hydrogen-bond donors (Lipinski definition) is 2. The molecule has 0 bridgehead atoms. The molecule has 194 valence electrons. The van der Waals surface area contributed by atoms with Crippen molar-refractivity contribution in [3.05, 3.63) is 107 Å². The van der Waals surface area contributed by atoms with Gasteiger partial charge in [-0.15, -0.1) is 0 Å². The highest BCUT2D eigenvalue weighted by Crippen LogP contribution is 2.40. The summed E-state index contributed by atoms with van der Waals surface area (Å²) >= 11 is 0. The van der Waals surface area contributed by atoms with Gasteiger partial charge in [-0.2, -0.15) is 0 Å². The van der Waals surface area contributed by atoms with Crippen LogP contribution in [-0.4, -0.2) is 40.3 Å². The third kappa shape index (κ3) is 4.58. The first-order valence-electron chi connectivity index (χ1n) is 12.8. The molecule has 0 spiro atoms. The van der Waals surface area contributed by atoms with Gasteiger partial charge >= 0.3 is 0 Å². The van der Waals surface area contributed by atoms with Crippen molar-refractivity contribution in [1.82, 2.24) is 9.88 Å². The highest BCUT2D eigenvalue weighted by Gasteiger charge is 2.46. The van der Waals surface area contributed by atoms with Crippen LogP contribution in [0.15, 0.2) is 84.6 Å². The molecule has 0 saturated carbocycles. The summed E-state index contributed by atoms with van der Waals surface area (Å²) in [5.74, 6) is -0.840. The fourth-order valence-corrected chi connectivity index (χ4v) is 5.11. The molecule has 0 radical (unpaired) electrons. The molecule has 2 N–H and O–H groups in total. The molecule has 1 aliphatic heterocycles. The molecule has 1 fully saturated rings. The van der Waals surface area contributed by atoms with Crippen molar-refractivity contribution in [3.63, 3.8) is 0 Å². The number of nitrogens with zero attached hydrogens (tertiary/aromatic N) is 1. The molecule has 1 amide bonds. The largest absolute Gasteiger partial charge is 0.507 e. The molecule has 5 rings (SSSR count). The minimum Gasteiger partial charge on any atom is -0.507 e. The average molecular weight is 509 g/mol. The lowest BCUT2D eigenvalue weighted by molar-refractivity contribution is -0.139. The number of ketones is 1. The minimum absolute atomic E-state index is 0.0429. The smallest absolute Gasteiger partial charge is 0.295 e. The molecule has 1 unspecified atom stereocenters. The summed E-state index contributed by atoms with van der Waals surface area (Å²) in [6, 6.07) is 22.1. The maximum Gasteiger partial charge on any atom is 0.295 e. The summed E-state index contributed by atoms with van der Waals surface area (Å²) in [5.41, 5.74) is 4.54. The summed E-state index contributed by atoms with van der Waals surface area (Å²) in [6.45, 7) is 6.74. The molecule has 1 aliphatic rings. The number of amides is 1. The monoisotopic (exact) mass is 508 g/mol. The van der Waals surface area contributed by atoms with Crippen LogP contribution in [0.25, 0.3) is 16.7 Å². The number of nitrogens with one attached hydrogen (secondary N) is 1. The first-order chi connectivity index (χ1) is 18.2. The fourth-order valence-electron chi connectivity index (χ4n) is 5.11. The zero-order valence-electron chi connectivity index (χ0n) is 22.1. The van der Waals surface area contributed by atoms with E-state index in [4.69, 9.17) is 4.74 Å². The number of benzene rings is 3. The standard InChI is InChI=1S/C32H32N2O4/c1-32(2,3)23-13-9-20(10-14-23)28-27(29(35)21-11-15-24(38-4)16-12-21)30(36)31(37)34(28)18-17-22-19-33-26-8-6-5-7-25(22)26/h5-16,19,28,33,35H,17-18H2,1-4H3. The molecule has 0 aliphatic carbocycles. The lowest BCUT2D eigenvalue weighted by Gasteiger charge is -2.26. The average Bonchev–Trinajstić information content (AvgIpc) is 3.45. The maximum atomic E-state index is 13.4. The van der Waals surface area contributed by atoms with Crippen LogP contribution < -0.4 is 4.74 Å². The number of ether oxygens (including phenoxy) is 1. The van der Waals surface area contributed by atoms with E-state index in [-0.39, 0.29) is 16.7 Å². The van der Waals surface area contributed by atoms with Gasteiger partial charge < -0.3 is 19.7 Å². The number of carbonyl (C=O) groups is 2. The van der Waals surface area contributed by atoms with Gasteiger partial charge in [-0.3, -0.25) is 9.59 Å². The Bertz CT molecular complexity index is 1520. The zero-order valence-corrected chi connectivity index (χ0v) is 22.1. The first-order valence-corrected chi connectivity index (χ1v) is 12.8. The van der Waals surface area contributed by atoms with Gasteiger partial charge in [-0.25, -0.2) is 0 Å². The van der Waals surface area contributed by atoms with Crippen LogP contribution in [0.2, 0.25) is 0 Å². The summed E-state index contributed by atoms with van der Waals surface area (Å²) < 4.78 is 5.23. The number of fused-ring (bicyclic) bond motifs is 1. The number of H-pyrrole nitrogens is 1. The predicted octanol–water partition coefficient (Wildman–Crippen LogP) is 6.14. The van der Waals surface area contributed by atoms with E-state index >= 15 is 0 Å². The van der Waals surface area contributed by atoms with E-state index in [1.165, 1.54) is 0 Å². The second kappa shape index (κ2) is 9.86. The van der Waals surface area contributed by atoms with Crippen molar-refractivity contribution in [2.24, 2.45) is 0 Å². The Morgan fingerprint density at radius 1 is 0.974 bits per heavy atom. The normalized spacial score (nSPS) is 17.4. The highest BCUT2D eigenvalue weighted by molar-refractivity contribution is 6.46. The van der Waals surface area contributed by atoms with E-state index in [1.54, 1.807) is 36.3 Å². The van der Waals surface area contributed by atoms with Crippen molar-refractivity contribution in [2.75, 3.05) is 13.7 Å². The van der Waals surface area contributed by atoms with Gasteiger partial charge in [0, 0.05) is 29.2 Å². The number of likely N-dealkylation sites (tertiary alicyclic amines) is 1. The lowest BCUT2D eigenvalue weighted by atomic mass is 9.85. The molecular weight excluding hydrogens is 476 g/mol. The van der Waals surface area contributed by atoms with E-state index in [0.717, 1.165) is 27.6 Å². The van der Waals surface area contributed by atoms with Crippen molar-refractivity contribution < 1.29 is 19.4 Å². The molecular formula is C32H32N2O4. The molecule has 6 heteroatoms. The SMILES string of the molecule is COc1ccc(C(O)=C2C(=O)C(=O)N(CCc3c[nH]c4ccccc34)C2c2ccc(C(C)(C)C)cc2)cc1. The van der Waals surface area contributed by atoms with Gasteiger partial charge in [-0.1, -0.05) is 63.2 Å². The number of carbonyl (C=O) groups excluding carboxylic acids is 2. The second-order valence-corrected chi connectivity index (χ2v) is 10.7. The van der Waals surface area contributed by atoms with Crippen LogP contribution in [0.4, 0.5) is 0 Å². The van der Waals surface area contributed by atoms with Crippen LogP contribution in [0.5, 0.6) is 5.75 Å². The van der Waals surface area contributed by atoms with E-state index in [9.17, 15) is 14.7 Å². The topological polar surface area (TPSA) is 82.6 Å². The molecule has 1 atom stereocenters. The number of hydrogen-bond acceptors (Lipinski definition) is 4.